The van der Waals surface area contributed by atoms with E-state index in [9.17, 15) is 4.79 Å². The Balaban J connectivity index is 1.48. The Morgan fingerprint density at radius 2 is 2.15 bits per heavy atom. The van der Waals surface area contributed by atoms with Gasteiger partial charge in [0, 0.05) is 11.4 Å². The van der Waals surface area contributed by atoms with E-state index in [1.807, 2.05) is 43.3 Å². The van der Waals surface area contributed by atoms with Gasteiger partial charge in [-0.2, -0.15) is 10.2 Å². The van der Waals surface area contributed by atoms with E-state index in [4.69, 9.17) is 0 Å². The molecule has 4 rings (SSSR count). The third kappa shape index (κ3) is 3.27. The van der Waals surface area contributed by atoms with Crippen LogP contribution in [-0.2, 0) is 6.54 Å². The third-order valence-electron chi connectivity index (χ3n) is 3.91. The summed E-state index contributed by atoms with van der Waals surface area (Å²) in [5.74, 6) is -0.228. The Kier molecular flexibility index (Phi) is 4.32. The number of nitrogens with zero attached hydrogens (tertiary/aromatic N) is 4. The minimum Gasteiger partial charge on any atom is -0.346 e. The highest BCUT2D eigenvalue weighted by Crippen LogP contribution is 2.26. The Labute approximate surface area is 153 Å². The molecule has 7 nitrogen and oxygen atoms in total. The standard InChI is InChI=1S/C18H16N6OS/c1-12-6-7-17(26-12)14-8-15(23-22-14)18(25)20-9-13-4-2-3-5-16(13)24-11-19-10-21-24/h2-8,10-11H,9H2,1H3,(H,20,25)(H,22,23). The topological polar surface area (TPSA) is 88.5 Å². The maximum Gasteiger partial charge on any atom is 0.272 e. The fourth-order valence-electron chi connectivity index (χ4n) is 2.63. The highest BCUT2D eigenvalue weighted by atomic mass is 32.1. The molecule has 130 valence electrons. The van der Waals surface area contributed by atoms with Gasteiger partial charge in [0.1, 0.15) is 12.7 Å². The molecule has 8 heteroatoms. The van der Waals surface area contributed by atoms with Crippen LogP contribution in [0.15, 0.2) is 55.1 Å². The molecule has 3 heterocycles. The van der Waals surface area contributed by atoms with Crippen LogP contribution >= 0.6 is 11.3 Å². The molecule has 0 spiro atoms. The number of carbonyl (C=O) groups excluding carboxylic acids is 1. The fourth-order valence-corrected chi connectivity index (χ4v) is 3.46. The number of amides is 1. The summed E-state index contributed by atoms with van der Waals surface area (Å²) in [6, 6.07) is 13.6. The number of rotatable bonds is 5. The Morgan fingerprint density at radius 3 is 2.92 bits per heavy atom. The number of H-pyrrole nitrogens is 1. The van der Waals surface area contributed by atoms with Gasteiger partial charge >= 0.3 is 0 Å². The lowest BCUT2D eigenvalue weighted by Gasteiger charge is -2.09. The molecule has 0 atom stereocenters. The van der Waals surface area contributed by atoms with Crippen LogP contribution in [0.1, 0.15) is 20.9 Å². The van der Waals surface area contributed by atoms with Crippen LogP contribution in [0.25, 0.3) is 16.3 Å². The van der Waals surface area contributed by atoms with Crippen LogP contribution in [0.4, 0.5) is 0 Å². The number of hydrogen-bond donors (Lipinski definition) is 2. The summed E-state index contributed by atoms with van der Waals surface area (Å²) in [5, 5.41) is 14.1. The highest BCUT2D eigenvalue weighted by Gasteiger charge is 2.13. The predicted octanol–water partition coefficient (Wildman–Crippen LogP) is 2.96. The number of para-hydroxylation sites is 1. The van der Waals surface area contributed by atoms with E-state index in [1.54, 1.807) is 28.4 Å². The summed E-state index contributed by atoms with van der Waals surface area (Å²) < 4.78 is 1.67. The van der Waals surface area contributed by atoms with Crippen LogP contribution in [0, 0.1) is 6.92 Å². The van der Waals surface area contributed by atoms with Crippen molar-refractivity contribution in [1.82, 2.24) is 30.3 Å². The molecule has 0 saturated carbocycles. The van der Waals surface area contributed by atoms with Crippen LogP contribution in [0.2, 0.25) is 0 Å². The molecule has 26 heavy (non-hydrogen) atoms. The van der Waals surface area contributed by atoms with Gasteiger partial charge in [-0.1, -0.05) is 18.2 Å². The molecule has 0 saturated heterocycles. The molecule has 0 radical (unpaired) electrons. The molecule has 4 aromatic rings. The van der Waals surface area contributed by atoms with Crippen LogP contribution in [0.5, 0.6) is 0 Å². The molecule has 2 N–H and O–H groups in total. The Bertz CT molecular complexity index is 1030. The first-order valence-electron chi connectivity index (χ1n) is 8.04. The fraction of sp³-hybridized carbons (Fsp3) is 0.111. The number of hydrogen-bond acceptors (Lipinski definition) is 5. The zero-order valence-corrected chi connectivity index (χ0v) is 14.8. The lowest BCUT2D eigenvalue weighted by atomic mass is 10.1. The summed E-state index contributed by atoms with van der Waals surface area (Å²) in [5.41, 5.74) is 3.03. The summed E-state index contributed by atoms with van der Waals surface area (Å²) in [6.45, 7) is 2.42. The van der Waals surface area contributed by atoms with Crippen LogP contribution in [-0.4, -0.2) is 30.9 Å². The molecule has 0 unspecified atom stereocenters. The first-order chi connectivity index (χ1) is 12.7. The average Bonchev–Trinajstić information content (AvgIpc) is 3.40. The number of aromatic nitrogens is 5. The predicted molar refractivity (Wildman–Crippen MR) is 99.2 cm³/mol. The van der Waals surface area contributed by atoms with E-state index in [0.717, 1.165) is 21.8 Å². The number of thiophene rings is 1. The van der Waals surface area contributed by atoms with Crippen molar-refractivity contribution >= 4 is 17.2 Å². The monoisotopic (exact) mass is 364 g/mol. The zero-order valence-electron chi connectivity index (χ0n) is 14.0. The molecule has 0 aliphatic heterocycles. The SMILES string of the molecule is Cc1ccc(-c2cc(C(=O)NCc3ccccc3-n3cncn3)n[nH]2)s1. The van der Waals surface area contributed by atoms with Crippen LogP contribution in [0.3, 0.4) is 0 Å². The summed E-state index contributed by atoms with van der Waals surface area (Å²) in [7, 11) is 0. The smallest absolute Gasteiger partial charge is 0.272 e. The minimum atomic E-state index is -0.228. The van der Waals surface area contributed by atoms with Gasteiger partial charge < -0.3 is 5.32 Å². The van der Waals surface area contributed by atoms with Gasteiger partial charge in [0.15, 0.2) is 5.69 Å². The summed E-state index contributed by atoms with van der Waals surface area (Å²) in [4.78, 5) is 18.7. The van der Waals surface area contributed by atoms with Crippen molar-refractivity contribution < 1.29 is 4.79 Å². The number of nitrogens with one attached hydrogen (secondary N) is 2. The maximum absolute atomic E-state index is 12.4. The van der Waals surface area contributed by atoms with Gasteiger partial charge in [0.25, 0.3) is 5.91 Å². The van der Waals surface area contributed by atoms with Crippen molar-refractivity contribution in [2.45, 2.75) is 13.5 Å². The van der Waals surface area contributed by atoms with Crippen molar-refractivity contribution in [3.8, 4) is 16.3 Å². The maximum atomic E-state index is 12.4. The van der Waals surface area contributed by atoms with Gasteiger partial charge in [0.2, 0.25) is 0 Å². The minimum absolute atomic E-state index is 0.228. The lowest BCUT2D eigenvalue weighted by Crippen LogP contribution is -2.24. The van der Waals surface area contributed by atoms with Crippen molar-refractivity contribution in [3.05, 3.63) is 71.3 Å². The molecular formula is C18H16N6OS. The van der Waals surface area contributed by atoms with E-state index >= 15 is 0 Å². The lowest BCUT2D eigenvalue weighted by molar-refractivity contribution is 0.0946. The number of benzene rings is 1. The normalized spacial score (nSPS) is 10.8. The highest BCUT2D eigenvalue weighted by molar-refractivity contribution is 7.15. The van der Waals surface area contributed by atoms with Crippen molar-refractivity contribution in [1.29, 1.82) is 0 Å². The van der Waals surface area contributed by atoms with Gasteiger partial charge in [-0.25, -0.2) is 9.67 Å². The van der Waals surface area contributed by atoms with Crippen LogP contribution < -0.4 is 5.32 Å². The van der Waals surface area contributed by atoms with Crippen molar-refractivity contribution in [3.63, 3.8) is 0 Å². The summed E-state index contributed by atoms with van der Waals surface area (Å²) >= 11 is 1.66. The average molecular weight is 364 g/mol. The van der Waals surface area contributed by atoms with Gasteiger partial charge in [-0.15, -0.1) is 11.3 Å². The zero-order chi connectivity index (χ0) is 17.9. The van der Waals surface area contributed by atoms with Gasteiger partial charge in [-0.05, 0) is 36.8 Å². The van der Waals surface area contributed by atoms with E-state index in [-0.39, 0.29) is 5.91 Å². The molecule has 1 aromatic carbocycles. The Hall–Kier alpha value is -3.26. The first kappa shape index (κ1) is 16.2. The second-order valence-corrected chi connectivity index (χ2v) is 7.02. The van der Waals surface area contributed by atoms with Crippen molar-refractivity contribution in [2.24, 2.45) is 0 Å². The van der Waals surface area contributed by atoms with E-state index in [2.05, 4.69) is 25.6 Å². The second kappa shape index (κ2) is 6.93. The molecule has 0 aliphatic carbocycles. The Morgan fingerprint density at radius 1 is 1.27 bits per heavy atom. The van der Waals surface area contributed by atoms with Gasteiger partial charge in [-0.3, -0.25) is 9.89 Å². The number of aryl methyl sites for hydroxylation is 1. The third-order valence-corrected chi connectivity index (χ3v) is 4.95. The number of carbonyl (C=O) groups is 1. The molecular weight excluding hydrogens is 348 g/mol. The summed E-state index contributed by atoms with van der Waals surface area (Å²) in [6.07, 6.45) is 3.11. The van der Waals surface area contributed by atoms with Crippen molar-refractivity contribution in [2.75, 3.05) is 0 Å². The molecule has 3 aromatic heterocycles. The molecule has 1 amide bonds. The van der Waals surface area contributed by atoms with E-state index in [1.165, 1.54) is 11.2 Å². The molecule has 0 fully saturated rings. The largest absolute Gasteiger partial charge is 0.346 e. The van der Waals surface area contributed by atoms with E-state index < -0.39 is 0 Å². The second-order valence-electron chi connectivity index (χ2n) is 5.73. The first-order valence-corrected chi connectivity index (χ1v) is 8.85. The number of aromatic amines is 1. The van der Waals surface area contributed by atoms with E-state index in [0.29, 0.717) is 12.2 Å². The quantitative estimate of drug-likeness (QED) is 0.570. The van der Waals surface area contributed by atoms with Gasteiger partial charge in [0.05, 0.1) is 16.3 Å². The molecule has 0 aliphatic rings. The molecule has 0 bridgehead atoms.